The summed E-state index contributed by atoms with van der Waals surface area (Å²) in [7, 11) is 0. The van der Waals surface area contributed by atoms with Crippen LogP contribution >= 0.6 is 0 Å². The maximum absolute atomic E-state index is 12.0. The summed E-state index contributed by atoms with van der Waals surface area (Å²) < 4.78 is 10.8. The zero-order valence-electron chi connectivity index (χ0n) is 11.2. The molecule has 1 saturated heterocycles. The van der Waals surface area contributed by atoms with E-state index in [1.807, 2.05) is 31.2 Å². The number of hydrogen-bond donors (Lipinski definition) is 1. The second kappa shape index (κ2) is 6.54. The fourth-order valence-corrected chi connectivity index (χ4v) is 2.03. The van der Waals surface area contributed by atoms with Crippen molar-refractivity contribution in [2.24, 2.45) is 5.73 Å². The molecule has 0 spiro atoms. The Morgan fingerprint density at radius 1 is 1.42 bits per heavy atom. The molecule has 1 unspecified atom stereocenters. The van der Waals surface area contributed by atoms with Crippen molar-refractivity contribution >= 4 is 5.91 Å². The second-order valence-electron chi connectivity index (χ2n) is 4.61. The molecular formula is C14H20N2O3. The van der Waals surface area contributed by atoms with E-state index in [1.54, 1.807) is 4.90 Å². The predicted octanol–water partition coefficient (Wildman–Crippen LogP) is 0.944. The van der Waals surface area contributed by atoms with Crippen molar-refractivity contribution in [3.63, 3.8) is 0 Å². The molecule has 1 aromatic carbocycles. The lowest BCUT2D eigenvalue weighted by Crippen LogP contribution is -2.43. The van der Waals surface area contributed by atoms with Crippen LogP contribution in [0.2, 0.25) is 0 Å². The molecule has 1 fully saturated rings. The molecule has 1 aliphatic heterocycles. The fourth-order valence-electron chi connectivity index (χ4n) is 2.03. The number of morpholine rings is 1. The van der Waals surface area contributed by atoms with Crippen molar-refractivity contribution in [2.75, 3.05) is 32.9 Å². The van der Waals surface area contributed by atoms with Gasteiger partial charge in [-0.2, -0.15) is 0 Å². The van der Waals surface area contributed by atoms with Crippen LogP contribution < -0.4 is 10.5 Å². The largest absolute Gasteiger partial charge is 0.483 e. The first-order valence-corrected chi connectivity index (χ1v) is 6.51. The minimum atomic E-state index is -0.116. The van der Waals surface area contributed by atoms with E-state index in [0.29, 0.717) is 32.1 Å². The van der Waals surface area contributed by atoms with Gasteiger partial charge in [-0.15, -0.1) is 0 Å². The smallest absolute Gasteiger partial charge is 0.260 e. The van der Waals surface area contributed by atoms with Crippen LogP contribution in [0.3, 0.4) is 0 Å². The number of carbonyl (C=O) groups excluding carboxylic acids is 1. The molecule has 2 N–H and O–H groups in total. The highest BCUT2D eigenvalue weighted by Gasteiger charge is 2.17. The van der Waals surface area contributed by atoms with Gasteiger partial charge >= 0.3 is 0 Å². The highest BCUT2D eigenvalue weighted by atomic mass is 16.5. The summed E-state index contributed by atoms with van der Waals surface area (Å²) in [6.07, 6.45) is 0. The molecule has 2 rings (SSSR count). The SMILES string of the molecule is CC(N)c1ccccc1OCC(=O)N1CCOCC1. The molecule has 1 atom stereocenters. The summed E-state index contributed by atoms with van der Waals surface area (Å²) in [5, 5.41) is 0. The third kappa shape index (κ3) is 3.68. The van der Waals surface area contributed by atoms with E-state index in [9.17, 15) is 4.79 Å². The number of carbonyl (C=O) groups is 1. The Bertz CT molecular complexity index is 428. The molecule has 5 heteroatoms. The monoisotopic (exact) mass is 264 g/mol. The van der Waals surface area contributed by atoms with Crippen LogP contribution in [-0.4, -0.2) is 43.7 Å². The first kappa shape index (κ1) is 13.8. The summed E-state index contributed by atoms with van der Waals surface area (Å²) in [4.78, 5) is 13.7. The molecule has 19 heavy (non-hydrogen) atoms. The second-order valence-corrected chi connectivity index (χ2v) is 4.61. The van der Waals surface area contributed by atoms with E-state index in [-0.39, 0.29) is 18.6 Å². The minimum Gasteiger partial charge on any atom is -0.483 e. The van der Waals surface area contributed by atoms with Crippen LogP contribution in [0.25, 0.3) is 0 Å². The van der Waals surface area contributed by atoms with Gasteiger partial charge in [0.05, 0.1) is 13.2 Å². The van der Waals surface area contributed by atoms with E-state index in [1.165, 1.54) is 0 Å². The first-order valence-electron chi connectivity index (χ1n) is 6.51. The fraction of sp³-hybridized carbons (Fsp3) is 0.500. The van der Waals surface area contributed by atoms with Gasteiger partial charge in [0.25, 0.3) is 5.91 Å². The number of benzene rings is 1. The summed E-state index contributed by atoms with van der Waals surface area (Å²) in [6.45, 7) is 4.41. The Hall–Kier alpha value is -1.59. The Morgan fingerprint density at radius 2 is 2.11 bits per heavy atom. The molecule has 0 saturated carbocycles. The molecule has 1 aliphatic rings. The van der Waals surface area contributed by atoms with Gasteiger partial charge in [-0.1, -0.05) is 18.2 Å². The maximum Gasteiger partial charge on any atom is 0.260 e. The lowest BCUT2D eigenvalue weighted by molar-refractivity contribution is -0.137. The van der Waals surface area contributed by atoms with E-state index < -0.39 is 0 Å². The van der Waals surface area contributed by atoms with Gasteiger partial charge in [-0.25, -0.2) is 0 Å². The van der Waals surface area contributed by atoms with Gasteiger partial charge < -0.3 is 20.1 Å². The quantitative estimate of drug-likeness (QED) is 0.879. The molecule has 0 bridgehead atoms. The number of rotatable bonds is 4. The van der Waals surface area contributed by atoms with Gasteiger partial charge in [0.1, 0.15) is 5.75 Å². The number of hydrogen-bond acceptors (Lipinski definition) is 4. The van der Waals surface area contributed by atoms with Crippen molar-refractivity contribution < 1.29 is 14.3 Å². The molecule has 0 aliphatic carbocycles. The van der Waals surface area contributed by atoms with E-state index >= 15 is 0 Å². The number of para-hydroxylation sites is 1. The third-order valence-electron chi connectivity index (χ3n) is 3.12. The molecule has 1 aromatic rings. The van der Waals surface area contributed by atoms with Crippen molar-refractivity contribution in [1.82, 2.24) is 4.90 Å². The Balaban J connectivity index is 1.93. The topological polar surface area (TPSA) is 64.8 Å². The average molecular weight is 264 g/mol. The molecule has 5 nitrogen and oxygen atoms in total. The molecule has 104 valence electrons. The Morgan fingerprint density at radius 3 is 2.79 bits per heavy atom. The Kier molecular flexibility index (Phi) is 4.76. The van der Waals surface area contributed by atoms with Crippen molar-refractivity contribution in [3.05, 3.63) is 29.8 Å². The van der Waals surface area contributed by atoms with Gasteiger partial charge in [-0.05, 0) is 13.0 Å². The minimum absolute atomic E-state index is 0.0113. The molecule has 0 radical (unpaired) electrons. The van der Waals surface area contributed by atoms with Gasteiger partial charge in [0.2, 0.25) is 0 Å². The predicted molar refractivity (Wildman–Crippen MR) is 71.9 cm³/mol. The van der Waals surface area contributed by atoms with Crippen LogP contribution in [0.5, 0.6) is 5.75 Å². The zero-order chi connectivity index (χ0) is 13.7. The summed E-state index contributed by atoms with van der Waals surface area (Å²) in [5.74, 6) is 0.668. The van der Waals surface area contributed by atoms with E-state index in [0.717, 1.165) is 5.56 Å². The van der Waals surface area contributed by atoms with Crippen LogP contribution in [0.15, 0.2) is 24.3 Å². The normalized spacial score (nSPS) is 17.1. The van der Waals surface area contributed by atoms with Crippen molar-refractivity contribution in [3.8, 4) is 5.75 Å². The van der Waals surface area contributed by atoms with Crippen LogP contribution in [0.1, 0.15) is 18.5 Å². The zero-order valence-corrected chi connectivity index (χ0v) is 11.2. The van der Waals surface area contributed by atoms with Gasteiger partial charge in [0, 0.05) is 24.7 Å². The van der Waals surface area contributed by atoms with Crippen molar-refractivity contribution in [2.45, 2.75) is 13.0 Å². The van der Waals surface area contributed by atoms with Gasteiger partial charge in [0.15, 0.2) is 6.61 Å². The standard InChI is InChI=1S/C14H20N2O3/c1-11(15)12-4-2-3-5-13(12)19-10-14(17)16-6-8-18-9-7-16/h2-5,11H,6-10,15H2,1H3. The van der Waals surface area contributed by atoms with Crippen LogP contribution in [-0.2, 0) is 9.53 Å². The number of nitrogens with zero attached hydrogens (tertiary/aromatic N) is 1. The summed E-state index contributed by atoms with van der Waals surface area (Å²) >= 11 is 0. The number of nitrogens with two attached hydrogens (primary N) is 1. The molecule has 1 heterocycles. The van der Waals surface area contributed by atoms with E-state index in [2.05, 4.69) is 0 Å². The molecular weight excluding hydrogens is 244 g/mol. The van der Waals surface area contributed by atoms with Crippen LogP contribution in [0, 0.1) is 0 Å². The Labute approximate surface area is 113 Å². The number of amides is 1. The third-order valence-corrected chi connectivity index (χ3v) is 3.12. The molecule has 1 amide bonds. The maximum atomic E-state index is 12.0. The summed E-state index contributed by atoms with van der Waals surface area (Å²) in [6, 6.07) is 7.43. The molecule has 0 aromatic heterocycles. The lowest BCUT2D eigenvalue weighted by Gasteiger charge is -2.27. The lowest BCUT2D eigenvalue weighted by atomic mass is 10.1. The van der Waals surface area contributed by atoms with Crippen molar-refractivity contribution in [1.29, 1.82) is 0 Å². The van der Waals surface area contributed by atoms with Crippen LogP contribution in [0.4, 0.5) is 0 Å². The van der Waals surface area contributed by atoms with E-state index in [4.69, 9.17) is 15.2 Å². The summed E-state index contributed by atoms with van der Waals surface area (Å²) in [5.41, 5.74) is 6.79. The highest BCUT2D eigenvalue weighted by molar-refractivity contribution is 5.77. The van der Waals surface area contributed by atoms with Gasteiger partial charge in [-0.3, -0.25) is 4.79 Å². The highest BCUT2D eigenvalue weighted by Crippen LogP contribution is 2.23. The number of ether oxygens (including phenoxy) is 2. The average Bonchev–Trinajstić information content (AvgIpc) is 2.46. The first-order chi connectivity index (χ1) is 9.18.